The number of benzene rings is 3. The Morgan fingerprint density at radius 1 is 1.08 bits per heavy atom. The van der Waals surface area contributed by atoms with Crippen LogP contribution >= 0.6 is 15.9 Å². The van der Waals surface area contributed by atoms with E-state index in [1.165, 1.54) is 18.2 Å². The predicted octanol–water partition coefficient (Wildman–Crippen LogP) is 6.36. The number of carbonyl (C=O) groups is 1. The molecule has 0 unspecified atom stereocenters. The molecule has 1 amide bonds. The summed E-state index contributed by atoms with van der Waals surface area (Å²) in [5.74, 6) is 0.680. The van der Waals surface area contributed by atoms with Gasteiger partial charge in [-0.3, -0.25) is 4.79 Å². The second-order valence-electron chi connectivity index (χ2n) is 7.65. The molecule has 0 saturated heterocycles. The highest BCUT2D eigenvalue weighted by molar-refractivity contribution is 9.10. The van der Waals surface area contributed by atoms with Gasteiger partial charge in [0.2, 0.25) is 0 Å². The van der Waals surface area contributed by atoms with Crippen LogP contribution < -0.4 is 19.5 Å². The monoisotopic (exact) mass is 558 g/mol. The smallest absolute Gasteiger partial charge is 0.416 e. The molecule has 0 radical (unpaired) electrons. The molecule has 0 spiro atoms. The number of fused-ring (bicyclic) bond motifs is 1. The van der Waals surface area contributed by atoms with E-state index in [-0.39, 0.29) is 17.9 Å². The van der Waals surface area contributed by atoms with Gasteiger partial charge < -0.3 is 19.5 Å². The Bertz CT molecular complexity index is 1370. The van der Waals surface area contributed by atoms with Crippen molar-refractivity contribution in [2.75, 3.05) is 18.5 Å². The maximum absolute atomic E-state index is 13.0. The normalized spacial score (nSPS) is 13.0. The summed E-state index contributed by atoms with van der Waals surface area (Å²) in [5.41, 5.74) is 0.152. The van der Waals surface area contributed by atoms with Crippen molar-refractivity contribution < 1.29 is 32.2 Å². The fourth-order valence-corrected chi connectivity index (χ4v) is 3.76. The van der Waals surface area contributed by atoms with E-state index in [1.807, 2.05) is 6.07 Å². The number of rotatable bonds is 6. The molecule has 1 aliphatic rings. The highest BCUT2D eigenvalue weighted by atomic mass is 79.9. The summed E-state index contributed by atoms with van der Waals surface area (Å²) >= 11 is 3.34. The average Bonchev–Trinajstić information content (AvgIpc) is 2.86. The Kier molecular flexibility index (Phi) is 7.50. The lowest BCUT2D eigenvalue weighted by atomic mass is 10.1. The summed E-state index contributed by atoms with van der Waals surface area (Å²) in [4.78, 5) is 12.8. The molecule has 6 nitrogen and oxygen atoms in total. The molecule has 0 atom stereocenters. The fraction of sp³-hybridized carbons (Fsp3) is 0.154. The number of carbonyl (C=O) groups excluding carboxylic acids is 1. The molecular formula is C26H18BrF3N2O4. The molecule has 0 bridgehead atoms. The molecule has 0 aliphatic carbocycles. The van der Waals surface area contributed by atoms with Crippen molar-refractivity contribution in [2.24, 2.45) is 0 Å². The van der Waals surface area contributed by atoms with Gasteiger partial charge in [0.25, 0.3) is 5.91 Å². The van der Waals surface area contributed by atoms with Crippen molar-refractivity contribution in [2.45, 2.75) is 12.8 Å². The fourth-order valence-electron chi connectivity index (χ4n) is 3.39. The number of anilines is 1. The van der Waals surface area contributed by atoms with E-state index in [0.717, 1.165) is 12.1 Å². The minimum atomic E-state index is -4.46. The number of amides is 1. The van der Waals surface area contributed by atoms with Gasteiger partial charge in [-0.15, -0.1) is 0 Å². The molecule has 10 heteroatoms. The third-order valence-corrected chi connectivity index (χ3v) is 5.58. The minimum Gasteiger partial charge on any atom is -0.488 e. The van der Waals surface area contributed by atoms with Crippen LogP contribution in [-0.2, 0) is 17.6 Å². The number of hydrogen-bond acceptors (Lipinski definition) is 5. The van der Waals surface area contributed by atoms with E-state index in [4.69, 9.17) is 14.2 Å². The molecule has 1 aliphatic heterocycles. The van der Waals surface area contributed by atoms with E-state index in [0.29, 0.717) is 46.0 Å². The maximum atomic E-state index is 13.0. The second-order valence-corrected chi connectivity index (χ2v) is 8.57. The first-order valence-corrected chi connectivity index (χ1v) is 11.4. The first kappa shape index (κ1) is 25.1. The van der Waals surface area contributed by atoms with Crippen LogP contribution in [-0.4, -0.2) is 19.1 Å². The van der Waals surface area contributed by atoms with Crippen LogP contribution in [0.4, 0.5) is 18.9 Å². The molecular weight excluding hydrogens is 541 g/mol. The molecule has 184 valence electrons. The average molecular weight is 559 g/mol. The summed E-state index contributed by atoms with van der Waals surface area (Å²) in [7, 11) is 0. The van der Waals surface area contributed by atoms with E-state index in [2.05, 4.69) is 21.2 Å². The Morgan fingerprint density at radius 3 is 2.61 bits per heavy atom. The van der Waals surface area contributed by atoms with E-state index >= 15 is 0 Å². The van der Waals surface area contributed by atoms with Crippen LogP contribution in [0.25, 0.3) is 6.08 Å². The molecule has 0 aromatic heterocycles. The molecule has 0 fully saturated rings. The van der Waals surface area contributed by atoms with Crippen LogP contribution in [0.3, 0.4) is 0 Å². The lowest BCUT2D eigenvalue weighted by molar-refractivity contribution is -0.137. The Balaban J connectivity index is 1.53. The van der Waals surface area contributed by atoms with E-state index < -0.39 is 17.6 Å². The number of nitriles is 1. The number of halogens is 4. The SMILES string of the molecule is N#CC(=Cc1cc(Br)ccc1OCc1cccc(C(F)(F)F)c1)C(=O)Nc1ccc2c(c1)OCCO2. The van der Waals surface area contributed by atoms with Crippen LogP contribution in [0.5, 0.6) is 17.2 Å². The van der Waals surface area contributed by atoms with Gasteiger partial charge in [0.1, 0.15) is 37.2 Å². The number of alkyl halides is 3. The van der Waals surface area contributed by atoms with Gasteiger partial charge in [-0.1, -0.05) is 28.1 Å². The largest absolute Gasteiger partial charge is 0.488 e. The standard InChI is InChI=1S/C26H18BrF3N2O4/c27-20-4-6-22(36-15-16-2-1-3-19(10-16)26(28,29)30)17(12-20)11-18(14-31)25(33)32-21-5-7-23-24(13-21)35-9-8-34-23/h1-7,10-13H,8-9,15H2,(H,32,33). The second kappa shape index (κ2) is 10.7. The van der Waals surface area contributed by atoms with Gasteiger partial charge in [-0.2, -0.15) is 18.4 Å². The predicted molar refractivity (Wildman–Crippen MR) is 130 cm³/mol. The zero-order chi connectivity index (χ0) is 25.7. The molecule has 0 saturated carbocycles. The first-order chi connectivity index (χ1) is 17.2. The van der Waals surface area contributed by atoms with Crippen LogP contribution in [0.1, 0.15) is 16.7 Å². The Hall–Kier alpha value is -3.97. The van der Waals surface area contributed by atoms with Crippen molar-refractivity contribution in [3.63, 3.8) is 0 Å². The van der Waals surface area contributed by atoms with Crippen molar-refractivity contribution in [3.8, 4) is 23.3 Å². The van der Waals surface area contributed by atoms with Gasteiger partial charge in [0.05, 0.1) is 5.56 Å². The number of ether oxygens (including phenoxy) is 3. The number of nitrogens with zero attached hydrogens (tertiary/aromatic N) is 1. The van der Waals surface area contributed by atoms with E-state index in [1.54, 1.807) is 36.4 Å². The van der Waals surface area contributed by atoms with Gasteiger partial charge in [0, 0.05) is 21.8 Å². The molecule has 36 heavy (non-hydrogen) atoms. The maximum Gasteiger partial charge on any atom is 0.416 e. The van der Waals surface area contributed by atoms with Crippen LogP contribution in [0.15, 0.2) is 70.7 Å². The highest BCUT2D eigenvalue weighted by Gasteiger charge is 2.30. The van der Waals surface area contributed by atoms with Gasteiger partial charge in [-0.25, -0.2) is 0 Å². The third kappa shape index (κ3) is 6.17. The molecule has 1 heterocycles. The van der Waals surface area contributed by atoms with Crippen molar-refractivity contribution >= 4 is 33.6 Å². The Labute approximate surface area is 213 Å². The van der Waals surface area contributed by atoms with Gasteiger partial charge in [0.15, 0.2) is 11.5 Å². The Morgan fingerprint density at radius 2 is 1.86 bits per heavy atom. The summed E-state index contributed by atoms with van der Waals surface area (Å²) < 4.78 is 56.4. The zero-order valence-electron chi connectivity index (χ0n) is 18.6. The number of nitrogens with one attached hydrogen (secondary N) is 1. The van der Waals surface area contributed by atoms with Crippen molar-refractivity contribution in [1.29, 1.82) is 5.26 Å². The van der Waals surface area contributed by atoms with E-state index in [9.17, 15) is 23.2 Å². The summed E-state index contributed by atoms with van der Waals surface area (Å²) in [6, 6.07) is 16.5. The van der Waals surface area contributed by atoms with Gasteiger partial charge in [-0.05, 0) is 54.1 Å². The number of hydrogen-bond donors (Lipinski definition) is 1. The molecule has 4 rings (SSSR count). The lowest BCUT2D eigenvalue weighted by Gasteiger charge is -2.19. The van der Waals surface area contributed by atoms with Crippen LogP contribution in [0.2, 0.25) is 0 Å². The van der Waals surface area contributed by atoms with Crippen molar-refractivity contribution in [3.05, 3.63) is 87.4 Å². The topological polar surface area (TPSA) is 80.6 Å². The van der Waals surface area contributed by atoms with Crippen LogP contribution in [0, 0.1) is 11.3 Å². The summed E-state index contributed by atoms with van der Waals surface area (Å²) in [6.07, 6.45) is -3.12. The molecule has 1 N–H and O–H groups in total. The molecule has 3 aromatic carbocycles. The molecule has 3 aromatic rings. The lowest BCUT2D eigenvalue weighted by Crippen LogP contribution is -2.17. The van der Waals surface area contributed by atoms with Crippen molar-refractivity contribution in [1.82, 2.24) is 0 Å². The minimum absolute atomic E-state index is 0.141. The van der Waals surface area contributed by atoms with Gasteiger partial charge >= 0.3 is 6.18 Å². The quantitative estimate of drug-likeness (QED) is 0.281. The zero-order valence-corrected chi connectivity index (χ0v) is 20.2. The first-order valence-electron chi connectivity index (χ1n) is 10.6. The summed E-state index contributed by atoms with van der Waals surface area (Å²) in [6.45, 7) is 0.683. The highest BCUT2D eigenvalue weighted by Crippen LogP contribution is 2.33. The third-order valence-electron chi connectivity index (χ3n) is 5.09. The summed E-state index contributed by atoms with van der Waals surface area (Å²) in [5, 5.41) is 12.3.